The molecule has 0 aromatic carbocycles. The molecule has 1 aromatic rings. The van der Waals surface area contributed by atoms with E-state index in [4.69, 9.17) is 27.9 Å². The Balaban J connectivity index is 1.86. The molecule has 2 amide bonds. The maximum Gasteiger partial charge on any atom is 0.317 e. The lowest BCUT2D eigenvalue weighted by Gasteiger charge is -2.32. The largest absolute Gasteiger partial charge is 0.458 e. The van der Waals surface area contributed by atoms with Gasteiger partial charge in [0, 0.05) is 19.0 Å². The van der Waals surface area contributed by atoms with Gasteiger partial charge in [0.15, 0.2) is 0 Å². The van der Waals surface area contributed by atoms with Crippen molar-refractivity contribution in [2.45, 2.75) is 18.9 Å². The third-order valence-electron chi connectivity index (χ3n) is 2.90. The molecule has 0 spiro atoms. The number of piperidine rings is 1. The van der Waals surface area contributed by atoms with Crippen LogP contribution < -0.4 is 10.1 Å². The van der Waals surface area contributed by atoms with Crippen LogP contribution in [-0.4, -0.2) is 52.5 Å². The summed E-state index contributed by atoms with van der Waals surface area (Å²) < 4.78 is 5.67. The number of hydrogen-bond donors (Lipinski definition) is 1. The molecular formula is C12H16Cl2N4O2. The van der Waals surface area contributed by atoms with Gasteiger partial charge in [-0.05, 0) is 12.8 Å². The van der Waals surface area contributed by atoms with Crippen molar-refractivity contribution in [3.05, 3.63) is 17.4 Å². The highest BCUT2D eigenvalue weighted by atomic mass is 35.5. The fourth-order valence-corrected chi connectivity index (χ4v) is 2.19. The van der Waals surface area contributed by atoms with Gasteiger partial charge in [-0.2, -0.15) is 0 Å². The molecule has 1 aliphatic heterocycles. The van der Waals surface area contributed by atoms with E-state index in [2.05, 4.69) is 15.3 Å². The first-order valence-electron chi connectivity index (χ1n) is 6.42. The Labute approximate surface area is 127 Å². The molecule has 0 radical (unpaired) electrons. The quantitative estimate of drug-likeness (QED) is 0.861. The summed E-state index contributed by atoms with van der Waals surface area (Å²) >= 11 is 11.3. The molecule has 1 unspecified atom stereocenters. The monoisotopic (exact) mass is 318 g/mol. The number of hydrogen-bond acceptors (Lipinski definition) is 4. The number of nitrogens with one attached hydrogen (secondary N) is 1. The number of ether oxygens (including phenoxy) is 1. The van der Waals surface area contributed by atoms with Gasteiger partial charge in [0.2, 0.25) is 0 Å². The molecule has 20 heavy (non-hydrogen) atoms. The SMILES string of the molecule is O=C(NCCCl)N1CCCC(Oc2ncc(Cl)cn2)C1. The van der Waals surface area contributed by atoms with Gasteiger partial charge in [-0.1, -0.05) is 11.6 Å². The topological polar surface area (TPSA) is 67.4 Å². The predicted octanol–water partition coefficient (Wildman–Crippen LogP) is 1.92. The van der Waals surface area contributed by atoms with Crippen LogP contribution in [0.15, 0.2) is 12.4 Å². The third-order valence-corrected chi connectivity index (χ3v) is 3.29. The van der Waals surface area contributed by atoms with Gasteiger partial charge >= 0.3 is 12.0 Å². The molecule has 2 heterocycles. The molecule has 0 bridgehead atoms. The molecule has 1 atom stereocenters. The molecule has 2 rings (SSSR count). The molecule has 6 nitrogen and oxygen atoms in total. The summed E-state index contributed by atoms with van der Waals surface area (Å²) in [5.41, 5.74) is 0. The van der Waals surface area contributed by atoms with E-state index in [-0.39, 0.29) is 18.1 Å². The summed E-state index contributed by atoms with van der Waals surface area (Å²) in [5, 5.41) is 3.21. The van der Waals surface area contributed by atoms with Crippen LogP contribution in [0.2, 0.25) is 5.02 Å². The van der Waals surface area contributed by atoms with Gasteiger partial charge in [0.05, 0.1) is 24.0 Å². The Kier molecular flexibility index (Phi) is 5.67. The van der Waals surface area contributed by atoms with Gasteiger partial charge in [0.1, 0.15) is 6.10 Å². The number of carbonyl (C=O) groups is 1. The average molecular weight is 319 g/mol. The summed E-state index contributed by atoms with van der Waals surface area (Å²) in [7, 11) is 0. The number of aromatic nitrogens is 2. The molecule has 110 valence electrons. The minimum atomic E-state index is -0.115. The van der Waals surface area contributed by atoms with E-state index in [9.17, 15) is 4.79 Å². The zero-order valence-electron chi connectivity index (χ0n) is 10.9. The number of carbonyl (C=O) groups excluding carboxylic acids is 1. The Morgan fingerprint density at radius 3 is 2.95 bits per heavy atom. The van der Waals surface area contributed by atoms with Crippen molar-refractivity contribution in [1.82, 2.24) is 20.2 Å². The minimum absolute atomic E-state index is 0.105. The second kappa shape index (κ2) is 7.50. The second-order valence-electron chi connectivity index (χ2n) is 4.43. The Morgan fingerprint density at radius 2 is 2.25 bits per heavy atom. The molecule has 0 saturated carbocycles. The van der Waals surface area contributed by atoms with E-state index in [1.165, 1.54) is 12.4 Å². The first-order chi connectivity index (χ1) is 9.69. The lowest BCUT2D eigenvalue weighted by Crippen LogP contribution is -2.49. The summed E-state index contributed by atoms with van der Waals surface area (Å²) in [6.07, 6.45) is 4.61. The number of likely N-dealkylation sites (tertiary alicyclic amines) is 1. The van der Waals surface area contributed by atoms with E-state index in [0.29, 0.717) is 24.0 Å². The van der Waals surface area contributed by atoms with Crippen molar-refractivity contribution in [3.63, 3.8) is 0 Å². The van der Waals surface area contributed by atoms with E-state index >= 15 is 0 Å². The molecule has 1 aromatic heterocycles. The molecule has 1 fully saturated rings. The normalized spacial score (nSPS) is 18.7. The van der Waals surface area contributed by atoms with Crippen LogP contribution in [0.1, 0.15) is 12.8 Å². The molecule has 1 saturated heterocycles. The number of amides is 2. The molecule has 0 aliphatic carbocycles. The summed E-state index contributed by atoms with van der Waals surface area (Å²) in [4.78, 5) is 21.6. The zero-order valence-corrected chi connectivity index (χ0v) is 12.4. The number of halogens is 2. The van der Waals surface area contributed by atoms with E-state index in [1.807, 2.05) is 0 Å². The van der Waals surface area contributed by atoms with Crippen LogP contribution >= 0.6 is 23.2 Å². The van der Waals surface area contributed by atoms with Crippen LogP contribution in [-0.2, 0) is 0 Å². The van der Waals surface area contributed by atoms with Gasteiger partial charge in [0.25, 0.3) is 0 Å². The number of alkyl halides is 1. The summed E-state index contributed by atoms with van der Waals surface area (Å²) in [5.74, 6) is 0.401. The number of rotatable bonds is 4. The first-order valence-corrected chi connectivity index (χ1v) is 7.33. The minimum Gasteiger partial charge on any atom is -0.458 e. The van der Waals surface area contributed by atoms with E-state index in [1.54, 1.807) is 4.90 Å². The van der Waals surface area contributed by atoms with Crippen LogP contribution in [0, 0.1) is 0 Å². The van der Waals surface area contributed by atoms with Gasteiger partial charge in [-0.15, -0.1) is 11.6 Å². The second-order valence-corrected chi connectivity index (χ2v) is 5.25. The highest BCUT2D eigenvalue weighted by molar-refractivity contribution is 6.30. The first kappa shape index (κ1) is 15.1. The van der Waals surface area contributed by atoms with E-state index in [0.717, 1.165) is 19.4 Å². The standard InChI is InChI=1S/C12H16Cl2N4O2/c13-3-4-15-12(19)18-5-1-2-10(8-18)20-11-16-6-9(14)7-17-11/h6-7,10H,1-5,8H2,(H,15,19). The molecule has 8 heteroatoms. The summed E-state index contributed by atoms with van der Waals surface area (Å²) in [6, 6.07) is 0.165. The smallest absolute Gasteiger partial charge is 0.317 e. The van der Waals surface area contributed by atoms with Crippen molar-refractivity contribution < 1.29 is 9.53 Å². The fourth-order valence-electron chi connectivity index (χ4n) is 2.00. The van der Waals surface area contributed by atoms with Crippen LogP contribution in [0.4, 0.5) is 4.79 Å². The summed E-state index contributed by atoms with van der Waals surface area (Å²) in [6.45, 7) is 1.69. The fraction of sp³-hybridized carbons (Fsp3) is 0.583. The van der Waals surface area contributed by atoms with Crippen molar-refractivity contribution in [1.29, 1.82) is 0 Å². The van der Waals surface area contributed by atoms with Crippen LogP contribution in [0.25, 0.3) is 0 Å². The van der Waals surface area contributed by atoms with Crippen molar-refractivity contribution in [2.24, 2.45) is 0 Å². The van der Waals surface area contributed by atoms with Crippen LogP contribution in [0.5, 0.6) is 6.01 Å². The number of nitrogens with zero attached hydrogens (tertiary/aromatic N) is 3. The Morgan fingerprint density at radius 1 is 1.50 bits per heavy atom. The van der Waals surface area contributed by atoms with Gasteiger partial charge < -0.3 is 15.0 Å². The average Bonchev–Trinajstić information content (AvgIpc) is 2.47. The zero-order chi connectivity index (χ0) is 14.4. The van der Waals surface area contributed by atoms with E-state index < -0.39 is 0 Å². The highest BCUT2D eigenvalue weighted by Crippen LogP contribution is 2.16. The Bertz CT molecular complexity index is 444. The maximum absolute atomic E-state index is 11.9. The van der Waals surface area contributed by atoms with Crippen LogP contribution in [0.3, 0.4) is 0 Å². The Hall–Kier alpha value is -1.27. The third kappa shape index (κ3) is 4.38. The lowest BCUT2D eigenvalue weighted by atomic mass is 10.1. The maximum atomic E-state index is 11.9. The van der Waals surface area contributed by atoms with Crippen molar-refractivity contribution in [2.75, 3.05) is 25.5 Å². The van der Waals surface area contributed by atoms with Gasteiger partial charge in [-0.25, -0.2) is 14.8 Å². The predicted molar refractivity (Wildman–Crippen MR) is 76.4 cm³/mol. The molecule has 1 aliphatic rings. The van der Waals surface area contributed by atoms with Crippen molar-refractivity contribution in [3.8, 4) is 6.01 Å². The number of urea groups is 1. The lowest BCUT2D eigenvalue weighted by molar-refractivity contribution is 0.0941. The highest BCUT2D eigenvalue weighted by Gasteiger charge is 2.25. The molecular weight excluding hydrogens is 303 g/mol. The van der Waals surface area contributed by atoms with Gasteiger partial charge in [-0.3, -0.25) is 0 Å². The molecule has 1 N–H and O–H groups in total. The van der Waals surface area contributed by atoms with Crippen molar-refractivity contribution >= 4 is 29.2 Å².